The van der Waals surface area contributed by atoms with Crippen molar-refractivity contribution in [3.8, 4) is 11.5 Å². The molecule has 0 unspecified atom stereocenters. The quantitative estimate of drug-likeness (QED) is 0.625. The van der Waals surface area contributed by atoms with Crippen LogP contribution in [0.25, 0.3) is 0 Å². The third-order valence-electron chi connectivity index (χ3n) is 3.49. The van der Waals surface area contributed by atoms with Crippen molar-refractivity contribution in [3.05, 3.63) is 17.7 Å². The Morgan fingerprint density at radius 2 is 1.83 bits per heavy atom. The number of nitrogens with zero attached hydrogens (tertiary/aromatic N) is 1. The van der Waals surface area contributed by atoms with Crippen LogP contribution in [0.5, 0.6) is 11.5 Å². The zero-order chi connectivity index (χ0) is 18.3. The molecule has 1 rings (SSSR count). The number of benzene rings is 1. The van der Waals surface area contributed by atoms with E-state index < -0.39 is 15.9 Å². The predicted molar refractivity (Wildman–Crippen MR) is 91.4 cm³/mol. The molecule has 0 radical (unpaired) electrons. The van der Waals surface area contributed by atoms with Crippen LogP contribution in [0.2, 0.25) is 0 Å². The van der Waals surface area contributed by atoms with Crippen LogP contribution in [-0.4, -0.2) is 59.6 Å². The number of aliphatic hydroxyl groups is 1. The van der Waals surface area contributed by atoms with Gasteiger partial charge in [0.05, 0.1) is 31.2 Å². The van der Waals surface area contributed by atoms with Crippen LogP contribution in [0.15, 0.2) is 12.1 Å². The number of rotatable bonds is 9. The molecule has 136 valence electrons. The van der Waals surface area contributed by atoms with E-state index in [-0.39, 0.29) is 30.2 Å². The van der Waals surface area contributed by atoms with Gasteiger partial charge < -0.3 is 19.9 Å². The molecule has 0 aliphatic rings. The van der Waals surface area contributed by atoms with Gasteiger partial charge in [0.1, 0.15) is 0 Å². The lowest BCUT2D eigenvalue weighted by Gasteiger charge is -2.23. The van der Waals surface area contributed by atoms with Gasteiger partial charge in [-0.15, -0.1) is 0 Å². The first-order chi connectivity index (χ1) is 11.3. The monoisotopic (exact) mass is 360 g/mol. The second kappa shape index (κ2) is 8.74. The van der Waals surface area contributed by atoms with Gasteiger partial charge >= 0.3 is 0 Å². The summed E-state index contributed by atoms with van der Waals surface area (Å²) in [5.41, 5.74) is 0.334. The molecule has 1 aromatic carbocycles. The molecule has 8 nitrogen and oxygen atoms in total. The number of nitrogens with one attached hydrogen (secondary N) is 1. The second-order valence-corrected chi connectivity index (χ2v) is 7.21. The minimum Gasteiger partial charge on any atom is -0.493 e. The molecule has 0 heterocycles. The number of anilines is 1. The van der Waals surface area contributed by atoms with Gasteiger partial charge in [-0.05, 0) is 19.4 Å². The third kappa shape index (κ3) is 4.51. The molecule has 0 bridgehead atoms. The number of carbonyl (C=O) groups is 1. The summed E-state index contributed by atoms with van der Waals surface area (Å²) in [6.45, 7) is 1.74. The molecular weight excluding hydrogens is 336 g/mol. The van der Waals surface area contributed by atoms with Gasteiger partial charge in [0.2, 0.25) is 10.0 Å². The van der Waals surface area contributed by atoms with Gasteiger partial charge in [0.25, 0.3) is 5.91 Å². The molecule has 1 aromatic rings. The van der Waals surface area contributed by atoms with Crippen LogP contribution in [0.4, 0.5) is 5.69 Å². The summed E-state index contributed by atoms with van der Waals surface area (Å²) in [6.07, 6.45) is 0.400. The topological polar surface area (TPSA) is 105 Å². The summed E-state index contributed by atoms with van der Waals surface area (Å²) < 4.78 is 35.8. The average molecular weight is 360 g/mol. The van der Waals surface area contributed by atoms with E-state index in [1.807, 2.05) is 0 Å². The second-order valence-electron chi connectivity index (χ2n) is 4.93. The summed E-state index contributed by atoms with van der Waals surface area (Å²) in [4.78, 5) is 12.4. The minimum absolute atomic E-state index is 0.0524. The predicted octanol–water partition coefficient (Wildman–Crippen LogP) is 0.602. The van der Waals surface area contributed by atoms with Crippen molar-refractivity contribution >= 4 is 21.6 Å². The molecule has 0 fully saturated rings. The summed E-state index contributed by atoms with van der Waals surface area (Å²) in [7, 11) is 0.675. The van der Waals surface area contributed by atoms with Gasteiger partial charge in [-0.3, -0.25) is 9.10 Å². The number of sulfonamides is 1. The average Bonchev–Trinajstić information content (AvgIpc) is 2.59. The summed E-state index contributed by atoms with van der Waals surface area (Å²) in [5.74, 6) is 0.0645. The molecular formula is C15H24N2O6S. The van der Waals surface area contributed by atoms with E-state index in [0.717, 1.165) is 4.31 Å². The highest BCUT2D eigenvalue weighted by Crippen LogP contribution is 2.35. The van der Waals surface area contributed by atoms with Gasteiger partial charge in [-0.1, -0.05) is 0 Å². The number of hydrogen-bond acceptors (Lipinski definition) is 6. The maximum Gasteiger partial charge on any atom is 0.253 e. The number of methoxy groups -OCH3 is 2. The molecule has 0 saturated heterocycles. The molecule has 9 heteroatoms. The summed E-state index contributed by atoms with van der Waals surface area (Å²) in [6, 6.07) is 2.89. The third-order valence-corrected chi connectivity index (χ3v) is 5.25. The van der Waals surface area contributed by atoms with Crippen LogP contribution >= 0.6 is 0 Å². The van der Waals surface area contributed by atoms with Gasteiger partial charge in [0, 0.05) is 26.3 Å². The van der Waals surface area contributed by atoms with Gasteiger partial charge in [0.15, 0.2) is 11.5 Å². The molecule has 0 saturated carbocycles. The highest BCUT2D eigenvalue weighted by Gasteiger charge is 2.24. The molecule has 0 aliphatic heterocycles. The Labute approximate surface area is 142 Å². The fourth-order valence-electron chi connectivity index (χ4n) is 2.03. The van der Waals surface area contributed by atoms with E-state index in [2.05, 4.69) is 5.32 Å². The van der Waals surface area contributed by atoms with E-state index in [1.54, 1.807) is 0 Å². The lowest BCUT2D eigenvalue weighted by molar-refractivity contribution is 0.0951. The fourth-order valence-corrected chi connectivity index (χ4v) is 2.87. The van der Waals surface area contributed by atoms with E-state index in [4.69, 9.17) is 14.6 Å². The maximum atomic E-state index is 12.4. The van der Waals surface area contributed by atoms with Crippen LogP contribution in [0.3, 0.4) is 0 Å². The highest BCUT2D eigenvalue weighted by atomic mass is 32.2. The fraction of sp³-hybridized carbons (Fsp3) is 0.533. The number of ether oxygens (including phenoxy) is 2. The van der Waals surface area contributed by atoms with Crippen molar-refractivity contribution in [2.75, 3.05) is 44.5 Å². The van der Waals surface area contributed by atoms with Crippen molar-refractivity contribution in [1.82, 2.24) is 5.32 Å². The van der Waals surface area contributed by atoms with Crippen molar-refractivity contribution in [2.24, 2.45) is 0 Å². The van der Waals surface area contributed by atoms with Crippen LogP contribution in [0.1, 0.15) is 23.7 Å². The van der Waals surface area contributed by atoms with E-state index in [1.165, 1.54) is 40.3 Å². The Morgan fingerprint density at radius 3 is 2.33 bits per heavy atom. The number of aliphatic hydroxyl groups excluding tert-OH is 1. The lowest BCUT2D eigenvalue weighted by Crippen LogP contribution is -2.32. The summed E-state index contributed by atoms with van der Waals surface area (Å²) >= 11 is 0. The number of amides is 1. The summed E-state index contributed by atoms with van der Waals surface area (Å²) in [5, 5.41) is 11.4. The zero-order valence-electron chi connectivity index (χ0n) is 14.3. The molecule has 0 aromatic heterocycles. The highest BCUT2D eigenvalue weighted by molar-refractivity contribution is 7.92. The number of hydrogen-bond donors (Lipinski definition) is 2. The van der Waals surface area contributed by atoms with Gasteiger partial charge in [-0.2, -0.15) is 0 Å². The standard InChI is InChI=1S/C15H24N2O6S/c1-5-24(20,21)17(2)12-10-14(23-4)13(22-3)9-11(12)15(19)16-7-6-8-18/h9-10,18H,5-8H2,1-4H3,(H,16,19). The normalized spacial score (nSPS) is 11.0. The van der Waals surface area contributed by atoms with Crippen LogP contribution in [-0.2, 0) is 10.0 Å². The van der Waals surface area contributed by atoms with Crippen LogP contribution in [0, 0.1) is 0 Å². The van der Waals surface area contributed by atoms with E-state index >= 15 is 0 Å². The van der Waals surface area contributed by atoms with Crippen molar-refractivity contribution < 1.29 is 27.8 Å². The zero-order valence-corrected chi connectivity index (χ0v) is 15.1. The molecule has 0 atom stereocenters. The molecule has 0 aliphatic carbocycles. The molecule has 24 heavy (non-hydrogen) atoms. The molecule has 2 N–H and O–H groups in total. The largest absolute Gasteiger partial charge is 0.493 e. The Hall–Kier alpha value is -2.00. The Bertz CT molecular complexity index is 675. The van der Waals surface area contributed by atoms with Crippen molar-refractivity contribution in [3.63, 3.8) is 0 Å². The van der Waals surface area contributed by atoms with E-state index in [0.29, 0.717) is 17.9 Å². The first-order valence-corrected chi connectivity index (χ1v) is 9.05. The van der Waals surface area contributed by atoms with Crippen molar-refractivity contribution in [1.29, 1.82) is 0 Å². The SMILES string of the molecule is CCS(=O)(=O)N(C)c1cc(OC)c(OC)cc1C(=O)NCCCO. The number of carbonyl (C=O) groups excluding carboxylic acids is 1. The lowest BCUT2D eigenvalue weighted by atomic mass is 10.1. The van der Waals surface area contributed by atoms with Gasteiger partial charge in [-0.25, -0.2) is 8.42 Å². The maximum absolute atomic E-state index is 12.4. The van der Waals surface area contributed by atoms with Crippen molar-refractivity contribution in [2.45, 2.75) is 13.3 Å². The smallest absolute Gasteiger partial charge is 0.253 e. The first-order valence-electron chi connectivity index (χ1n) is 7.44. The molecule has 0 spiro atoms. The Balaban J connectivity index is 3.39. The van der Waals surface area contributed by atoms with Crippen LogP contribution < -0.4 is 19.1 Å². The first kappa shape index (κ1) is 20.0. The Kier molecular flexibility index (Phi) is 7.30. The Morgan fingerprint density at radius 1 is 1.25 bits per heavy atom. The molecule has 1 amide bonds. The minimum atomic E-state index is -3.56. The van der Waals surface area contributed by atoms with E-state index in [9.17, 15) is 13.2 Å².